The van der Waals surface area contributed by atoms with Gasteiger partial charge in [0.1, 0.15) is 5.75 Å². The third-order valence-electron chi connectivity index (χ3n) is 2.23. The van der Waals surface area contributed by atoms with E-state index >= 15 is 0 Å². The molecule has 1 heterocycles. The molecule has 0 aliphatic rings. The number of fused-ring (bicyclic) bond motifs is 1. The van der Waals surface area contributed by atoms with Gasteiger partial charge >= 0.3 is 5.63 Å². The number of phenolic OH excluding ortho intramolecular Hbond substituents is 1. The summed E-state index contributed by atoms with van der Waals surface area (Å²) in [5, 5.41) is 10.1. The van der Waals surface area contributed by atoms with Gasteiger partial charge in [0.15, 0.2) is 11.3 Å². The van der Waals surface area contributed by atoms with Crippen LogP contribution in [0, 0.1) is 0 Å². The molecule has 0 aliphatic heterocycles. The lowest BCUT2D eigenvalue weighted by molar-refractivity contribution is 0.349. The first-order valence-electron chi connectivity index (χ1n) is 4.55. The van der Waals surface area contributed by atoms with Gasteiger partial charge in [0.2, 0.25) is 5.75 Å². The van der Waals surface area contributed by atoms with Crippen molar-refractivity contribution in [3.63, 3.8) is 0 Å². The molecule has 0 atom stereocenters. The van der Waals surface area contributed by atoms with E-state index in [1.807, 2.05) is 0 Å². The van der Waals surface area contributed by atoms with Gasteiger partial charge in [-0.2, -0.15) is 0 Å². The van der Waals surface area contributed by atoms with Crippen molar-refractivity contribution in [3.8, 4) is 17.2 Å². The Hall–Kier alpha value is -2.17. The monoisotopic (exact) mass is 222 g/mol. The van der Waals surface area contributed by atoms with Crippen LogP contribution >= 0.6 is 0 Å². The molecule has 2 aromatic rings. The SMILES string of the molecule is COc1cc(O)c2ccc(=O)oc2c1OC. The molecule has 0 aliphatic carbocycles. The summed E-state index contributed by atoms with van der Waals surface area (Å²) in [6.07, 6.45) is 0. The van der Waals surface area contributed by atoms with Crippen LogP contribution in [-0.2, 0) is 0 Å². The van der Waals surface area contributed by atoms with Crippen molar-refractivity contribution in [2.24, 2.45) is 0 Å². The number of aromatic hydroxyl groups is 1. The van der Waals surface area contributed by atoms with Gasteiger partial charge in [-0.1, -0.05) is 0 Å². The third-order valence-corrected chi connectivity index (χ3v) is 2.23. The molecule has 0 spiro atoms. The highest BCUT2D eigenvalue weighted by Crippen LogP contribution is 2.39. The second-order valence-corrected chi connectivity index (χ2v) is 3.13. The highest BCUT2D eigenvalue weighted by molar-refractivity contribution is 5.90. The molecule has 0 unspecified atom stereocenters. The summed E-state index contributed by atoms with van der Waals surface area (Å²) in [6, 6.07) is 4.10. The van der Waals surface area contributed by atoms with Crippen LogP contribution in [0.5, 0.6) is 17.2 Å². The molecule has 0 bridgehead atoms. The summed E-state index contributed by atoms with van der Waals surface area (Å²) < 4.78 is 15.1. The maximum Gasteiger partial charge on any atom is 0.336 e. The number of ether oxygens (including phenoxy) is 2. The van der Waals surface area contributed by atoms with Gasteiger partial charge in [-0.15, -0.1) is 0 Å². The lowest BCUT2D eigenvalue weighted by Crippen LogP contribution is -1.98. The van der Waals surface area contributed by atoms with Crippen LogP contribution in [0.25, 0.3) is 11.0 Å². The quantitative estimate of drug-likeness (QED) is 0.780. The zero-order valence-electron chi connectivity index (χ0n) is 8.81. The molecule has 0 radical (unpaired) electrons. The Balaban J connectivity index is 2.93. The van der Waals surface area contributed by atoms with Crippen LogP contribution in [0.4, 0.5) is 0 Å². The minimum atomic E-state index is -0.515. The lowest BCUT2D eigenvalue weighted by Gasteiger charge is -2.10. The van der Waals surface area contributed by atoms with Gasteiger partial charge in [-0.25, -0.2) is 4.79 Å². The Bertz CT molecular complexity index is 585. The minimum Gasteiger partial charge on any atom is -0.507 e. The Labute approximate surface area is 90.8 Å². The van der Waals surface area contributed by atoms with Crippen LogP contribution in [0.15, 0.2) is 27.4 Å². The molecule has 0 saturated heterocycles. The maximum absolute atomic E-state index is 11.1. The number of hydrogen-bond donors (Lipinski definition) is 1. The Kier molecular flexibility index (Phi) is 2.44. The topological polar surface area (TPSA) is 68.9 Å². The molecular weight excluding hydrogens is 212 g/mol. The van der Waals surface area contributed by atoms with Crippen molar-refractivity contribution in [3.05, 3.63) is 28.6 Å². The van der Waals surface area contributed by atoms with E-state index in [4.69, 9.17) is 13.9 Å². The lowest BCUT2D eigenvalue weighted by atomic mass is 10.2. The summed E-state index contributed by atoms with van der Waals surface area (Å²) in [6.45, 7) is 0. The number of benzene rings is 1. The first-order valence-corrected chi connectivity index (χ1v) is 4.55. The largest absolute Gasteiger partial charge is 0.507 e. The van der Waals surface area contributed by atoms with Crippen molar-refractivity contribution >= 4 is 11.0 Å². The molecule has 5 nitrogen and oxygen atoms in total. The third kappa shape index (κ3) is 1.46. The summed E-state index contributed by atoms with van der Waals surface area (Å²) >= 11 is 0. The minimum absolute atomic E-state index is 0.0311. The maximum atomic E-state index is 11.1. The van der Waals surface area contributed by atoms with Crippen molar-refractivity contribution < 1.29 is 19.0 Å². The number of phenols is 1. The fraction of sp³-hybridized carbons (Fsp3) is 0.182. The second kappa shape index (κ2) is 3.77. The van der Waals surface area contributed by atoms with Crippen molar-refractivity contribution in [2.75, 3.05) is 14.2 Å². The summed E-state index contributed by atoms with van der Waals surface area (Å²) in [5.41, 5.74) is -0.342. The standard InChI is InChI=1S/C11H10O5/c1-14-8-5-7(12)6-3-4-9(13)16-10(6)11(8)15-2/h3-5,12H,1-2H3. The van der Waals surface area contributed by atoms with Crippen LogP contribution in [0.1, 0.15) is 0 Å². The van der Waals surface area contributed by atoms with Crippen LogP contribution in [0.3, 0.4) is 0 Å². The van der Waals surface area contributed by atoms with E-state index in [-0.39, 0.29) is 17.1 Å². The number of hydrogen-bond acceptors (Lipinski definition) is 5. The summed E-state index contributed by atoms with van der Waals surface area (Å²) in [4.78, 5) is 11.1. The molecule has 1 aromatic carbocycles. The summed E-state index contributed by atoms with van der Waals surface area (Å²) in [7, 11) is 2.87. The van der Waals surface area contributed by atoms with E-state index in [1.165, 1.54) is 32.4 Å². The Morgan fingerprint density at radius 3 is 2.62 bits per heavy atom. The predicted octanol–water partition coefficient (Wildman–Crippen LogP) is 1.52. The smallest absolute Gasteiger partial charge is 0.336 e. The molecular formula is C11H10O5. The van der Waals surface area contributed by atoms with Crippen LogP contribution in [-0.4, -0.2) is 19.3 Å². The fourth-order valence-corrected chi connectivity index (χ4v) is 1.51. The van der Waals surface area contributed by atoms with Gasteiger partial charge in [-0.05, 0) is 6.07 Å². The first kappa shape index (κ1) is 10.4. The molecule has 16 heavy (non-hydrogen) atoms. The van der Waals surface area contributed by atoms with Gasteiger partial charge in [0.25, 0.3) is 0 Å². The highest BCUT2D eigenvalue weighted by Gasteiger charge is 2.15. The molecule has 84 valence electrons. The van der Waals surface area contributed by atoms with Gasteiger partial charge in [0, 0.05) is 12.1 Å². The normalized spacial score (nSPS) is 10.4. The van der Waals surface area contributed by atoms with E-state index in [0.29, 0.717) is 11.1 Å². The molecule has 5 heteroatoms. The van der Waals surface area contributed by atoms with Gasteiger partial charge < -0.3 is 19.0 Å². The molecule has 0 fully saturated rings. The van der Waals surface area contributed by atoms with E-state index in [1.54, 1.807) is 0 Å². The zero-order chi connectivity index (χ0) is 11.7. The fourth-order valence-electron chi connectivity index (χ4n) is 1.51. The molecule has 2 rings (SSSR count). The number of rotatable bonds is 2. The van der Waals surface area contributed by atoms with Crippen LogP contribution < -0.4 is 15.1 Å². The van der Waals surface area contributed by atoms with Gasteiger partial charge in [0.05, 0.1) is 19.6 Å². The van der Waals surface area contributed by atoms with E-state index in [0.717, 1.165) is 0 Å². The van der Waals surface area contributed by atoms with Crippen molar-refractivity contribution in [1.29, 1.82) is 0 Å². The average Bonchev–Trinajstić information content (AvgIpc) is 2.28. The molecule has 1 N–H and O–H groups in total. The zero-order valence-corrected chi connectivity index (χ0v) is 8.81. The van der Waals surface area contributed by atoms with Crippen LogP contribution in [0.2, 0.25) is 0 Å². The summed E-state index contributed by atoms with van der Waals surface area (Å²) in [5.74, 6) is 0.561. The highest BCUT2D eigenvalue weighted by atomic mass is 16.5. The van der Waals surface area contributed by atoms with E-state index in [9.17, 15) is 9.90 Å². The van der Waals surface area contributed by atoms with E-state index in [2.05, 4.69) is 0 Å². The molecule has 0 amide bonds. The second-order valence-electron chi connectivity index (χ2n) is 3.13. The molecule has 0 saturated carbocycles. The molecule has 1 aromatic heterocycles. The van der Waals surface area contributed by atoms with Crippen molar-refractivity contribution in [2.45, 2.75) is 0 Å². The number of methoxy groups -OCH3 is 2. The Morgan fingerprint density at radius 1 is 1.25 bits per heavy atom. The Morgan fingerprint density at radius 2 is 2.00 bits per heavy atom. The predicted molar refractivity (Wildman–Crippen MR) is 57.3 cm³/mol. The van der Waals surface area contributed by atoms with Gasteiger partial charge in [-0.3, -0.25) is 0 Å². The first-order chi connectivity index (χ1) is 7.67. The van der Waals surface area contributed by atoms with E-state index < -0.39 is 5.63 Å². The average molecular weight is 222 g/mol. The van der Waals surface area contributed by atoms with Crippen molar-refractivity contribution in [1.82, 2.24) is 0 Å².